The summed E-state index contributed by atoms with van der Waals surface area (Å²) < 4.78 is 0. The summed E-state index contributed by atoms with van der Waals surface area (Å²) in [6.07, 6.45) is 0. The zero-order valence-electron chi connectivity index (χ0n) is 9.17. The molecule has 1 rings (SSSR count). The van der Waals surface area contributed by atoms with E-state index in [1.165, 1.54) is 16.7 Å². The second kappa shape index (κ2) is 5.13. The van der Waals surface area contributed by atoms with Crippen LogP contribution in [0.2, 0.25) is 0 Å². The molecule has 0 heterocycles. The zero-order valence-corrected chi connectivity index (χ0v) is 9.17. The van der Waals surface area contributed by atoms with Crippen molar-refractivity contribution in [3.05, 3.63) is 34.9 Å². The molecule has 0 amide bonds. The van der Waals surface area contributed by atoms with Crippen LogP contribution in [0.25, 0.3) is 0 Å². The highest BCUT2D eigenvalue weighted by Crippen LogP contribution is 2.08. The highest BCUT2D eigenvalue weighted by molar-refractivity contribution is 5.28. The van der Waals surface area contributed by atoms with Crippen molar-refractivity contribution >= 4 is 0 Å². The number of nitrogens with one attached hydrogen (secondary N) is 1. The number of aliphatic hydroxyl groups is 1. The monoisotopic (exact) mass is 193 g/mol. The quantitative estimate of drug-likeness (QED) is 0.764. The van der Waals surface area contributed by atoms with Crippen molar-refractivity contribution in [2.45, 2.75) is 33.4 Å². The Hall–Kier alpha value is -0.860. The molecule has 0 aromatic heterocycles. The summed E-state index contributed by atoms with van der Waals surface area (Å²) in [5, 5.41) is 12.1. The lowest BCUT2D eigenvalue weighted by molar-refractivity contribution is 0.251. The van der Waals surface area contributed by atoms with Crippen LogP contribution in [0.4, 0.5) is 0 Å². The molecule has 1 unspecified atom stereocenters. The van der Waals surface area contributed by atoms with Crippen LogP contribution in [-0.2, 0) is 6.54 Å². The van der Waals surface area contributed by atoms with E-state index in [9.17, 15) is 0 Å². The maximum absolute atomic E-state index is 8.86. The minimum Gasteiger partial charge on any atom is -0.395 e. The van der Waals surface area contributed by atoms with Gasteiger partial charge in [-0.15, -0.1) is 0 Å². The predicted molar refractivity (Wildman–Crippen MR) is 59.3 cm³/mol. The van der Waals surface area contributed by atoms with Gasteiger partial charge in [0, 0.05) is 12.6 Å². The molecular formula is C12H19NO. The van der Waals surface area contributed by atoms with E-state index in [1.54, 1.807) is 0 Å². The third kappa shape index (κ3) is 3.48. The topological polar surface area (TPSA) is 32.3 Å². The lowest BCUT2D eigenvalue weighted by Crippen LogP contribution is -2.28. The summed E-state index contributed by atoms with van der Waals surface area (Å²) >= 11 is 0. The fraction of sp³-hybridized carbons (Fsp3) is 0.500. The highest BCUT2D eigenvalue weighted by atomic mass is 16.3. The van der Waals surface area contributed by atoms with Crippen LogP contribution in [0.1, 0.15) is 23.6 Å². The molecule has 2 nitrogen and oxygen atoms in total. The van der Waals surface area contributed by atoms with Crippen molar-refractivity contribution in [2.24, 2.45) is 0 Å². The summed E-state index contributed by atoms with van der Waals surface area (Å²) in [5.41, 5.74) is 3.86. The number of hydrogen-bond donors (Lipinski definition) is 2. The molecule has 1 aromatic rings. The van der Waals surface area contributed by atoms with E-state index >= 15 is 0 Å². The van der Waals surface area contributed by atoms with E-state index in [1.807, 2.05) is 6.92 Å². The molecule has 0 saturated carbocycles. The molecule has 14 heavy (non-hydrogen) atoms. The lowest BCUT2D eigenvalue weighted by Gasteiger charge is -2.11. The van der Waals surface area contributed by atoms with Gasteiger partial charge in [-0.2, -0.15) is 0 Å². The summed E-state index contributed by atoms with van der Waals surface area (Å²) in [7, 11) is 0. The van der Waals surface area contributed by atoms with Crippen molar-refractivity contribution in [1.82, 2.24) is 5.32 Å². The number of aliphatic hydroxyl groups excluding tert-OH is 1. The molecule has 0 spiro atoms. The Morgan fingerprint density at radius 2 is 1.79 bits per heavy atom. The van der Waals surface area contributed by atoms with Crippen LogP contribution >= 0.6 is 0 Å². The third-order valence-electron chi connectivity index (χ3n) is 2.21. The van der Waals surface area contributed by atoms with Crippen LogP contribution in [0, 0.1) is 13.8 Å². The van der Waals surface area contributed by atoms with Crippen LogP contribution in [-0.4, -0.2) is 17.8 Å². The fourth-order valence-corrected chi connectivity index (χ4v) is 1.53. The molecular weight excluding hydrogens is 174 g/mol. The van der Waals surface area contributed by atoms with E-state index in [4.69, 9.17) is 5.11 Å². The molecule has 2 N–H and O–H groups in total. The second-order valence-corrected chi connectivity index (χ2v) is 3.96. The Balaban J connectivity index is 2.58. The first-order valence-electron chi connectivity index (χ1n) is 5.03. The van der Waals surface area contributed by atoms with Gasteiger partial charge in [-0.05, 0) is 26.3 Å². The maximum Gasteiger partial charge on any atom is 0.0582 e. The number of benzene rings is 1. The highest BCUT2D eigenvalue weighted by Gasteiger charge is 1.99. The normalized spacial score (nSPS) is 12.9. The van der Waals surface area contributed by atoms with Gasteiger partial charge in [-0.25, -0.2) is 0 Å². The van der Waals surface area contributed by atoms with Gasteiger partial charge < -0.3 is 10.4 Å². The van der Waals surface area contributed by atoms with Crippen molar-refractivity contribution in [1.29, 1.82) is 0 Å². The molecule has 2 heteroatoms. The SMILES string of the molecule is Cc1cc(C)cc(CNC(C)CO)c1. The van der Waals surface area contributed by atoms with E-state index in [2.05, 4.69) is 37.4 Å². The largest absolute Gasteiger partial charge is 0.395 e. The Morgan fingerprint density at radius 1 is 1.21 bits per heavy atom. The Bertz CT molecular complexity index is 276. The van der Waals surface area contributed by atoms with E-state index in [-0.39, 0.29) is 12.6 Å². The Kier molecular flexibility index (Phi) is 4.11. The minimum atomic E-state index is 0.163. The lowest BCUT2D eigenvalue weighted by atomic mass is 10.1. The molecule has 0 radical (unpaired) electrons. The van der Waals surface area contributed by atoms with Crippen LogP contribution in [0.15, 0.2) is 18.2 Å². The molecule has 0 bridgehead atoms. The Morgan fingerprint density at radius 3 is 2.29 bits per heavy atom. The Labute approximate surface area is 86.0 Å². The first-order valence-corrected chi connectivity index (χ1v) is 5.03. The zero-order chi connectivity index (χ0) is 10.6. The van der Waals surface area contributed by atoms with Gasteiger partial charge in [0.05, 0.1) is 6.61 Å². The summed E-state index contributed by atoms with van der Waals surface area (Å²) in [6, 6.07) is 6.67. The van der Waals surface area contributed by atoms with Gasteiger partial charge in [-0.3, -0.25) is 0 Å². The van der Waals surface area contributed by atoms with Crippen molar-refractivity contribution < 1.29 is 5.11 Å². The molecule has 78 valence electrons. The summed E-state index contributed by atoms with van der Waals surface area (Å²) in [6.45, 7) is 7.19. The molecule has 1 atom stereocenters. The first-order chi connectivity index (χ1) is 6.61. The van der Waals surface area contributed by atoms with Gasteiger partial charge in [0.1, 0.15) is 0 Å². The molecule has 0 saturated heterocycles. The van der Waals surface area contributed by atoms with Gasteiger partial charge in [0.2, 0.25) is 0 Å². The average Bonchev–Trinajstić information content (AvgIpc) is 2.12. The molecule has 1 aromatic carbocycles. The average molecular weight is 193 g/mol. The number of hydrogen-bond acceptors (Lipinski definition) is 2. The van der Waals surface area contributed by atoms with Crippen LogP contribution in [0.3, 0.4) is 0 Å². The van der Waals surface area contributed by atoms with Crippen LogP contribution < -0.4 is 5.32 Å². The van der Waals surface area contributed by atoms with Gasteiger partial charge in [0.15, 0.2) is 0 Å². The second-order valence-electron chi connectivity index (χ2n) is 3.96. The number of rotatable bonds is 4. The first kappa shape index (κ1) is 11.2. The van der Waals surface area contributed by atoms with E-state index < -0.39 is 0 Å². The maximum atomic E-state index is 8.86. The summed E-state index contributed by atoms with van der Waals surface area (Å²) in [4.78, 5) is 0. The van der Waals surface area contributed by atoms with Crippen LogP contribution in [0.5, 0.6) is 0 Å². The smallest absolute Gasteiger partial charge is 0.0582 e. The predicted octanol–water partition coefficient (Wildman–Crippen LogP) is 1.77. The third-order valence-corrected chi connectivity index (χ3v) is 2.21. The number of aryl methyl sites for hydroxylation is 2. The molecule has 0 fully saturated rings. The van der Waals surface area contributed by atoms with Gasteiger partial charge in [-0.1, -0.05) is 29.3 Å². The van der Waals surface area contributed by atoms with Crippen molar-refractivity contribution in [3.8, 4) is 0 Å². The van der Waals surface area contributed by atoms with Gasteiger partial charge in [0.25, 0.3) is 0 Å². The van der Waals surface area contributed by atoms with E-state index in [0.717, 1.165) is 6.54 Å². The molecule has 0 aliphatic heterocycles. The standard InChI is InChI=1S/C12H19NO/c1-9-4-10(2)6-12(5-9)7-13-11(3)8-14/h4-6,11,13-14H,7-8H2,1-3H3. The van der Waals surface area contributed by atoms with E-state index in [0.29, 0.717) is 0 Å². The molecule has 0 aliphatic carbocycles. The van der Waals surface area contributed by atoms with Gasteiger partial charge >= 0.3 is 0 Å². The summed E-state index contributed by atoms with van der Waals surface area (Å²) in [5.74, 6) is 0. The fourth-order valence-electron chi connectivity index (χ4n) is 1.53. The minimum absolute atomic E-state index is 0.163. The van der Waals surface area contributed by atoms with Crippen molar-refractivity contribution in [3.63, 3.8) is 0 Å². The molecule has 0 aliphatic rings. The van der Waals surface area contributed by atoms with Crippen molar-refractivity contribution in [2.75, 3.05) is 6.61 Å².